The molecule has 1 aliphatic rings. The fraction of sp³-hybridized carbons (Fsp3) is 0.227. The summed E-state index contributed by atoms with van der Waals surface area (Å²) < 4.78 is 44.3. The molecule has 1 heterocycles. The molecule has 150 valence electrons. The Bertz CT molecular complexity index is 1040. The number of carbonyl (C=O) groups is 1. The van der Waals surface area contributed by atoms with Crippen LogP contribution in [0.1, 0.15) is 15.9 Å². The zero-order chi connectivity index (χ0) is 20.4. The van der Waals surface area contributed by atoms with Gasteiger partial charge >= 0.3 is 6.18 Å². The van der Waals surface area contributed by atoms with Crippen molar-refractivity contribution in [3.63, 3.8) is 0 Å². The van der Waals surface area contributed by atoms with E-state index in [-0.39, 0.29) is 5.91 Å². The highest BCUT2D eigenvalue weighted by molar-refractivity contribution is 6.10. The topological polar surface area (TPSA) is 41.6 Å². The first-order valence-corrected chi connectivity index (χ1v) is 9.26. The van der Waals surface area contributed by atoms with E-state index in [1.54, 1.807) is 23.1 Å². The minimum atomic E-state index is -4.41. The van der Waals surface area contributed by atoms with Crippen LogP contribution in [0.4, 0.5) is 24.5 Å². The van der Waals surface area contributed by atoms with Gasteiger partial charge in [0, 0.05) is 35.4 Å². The number of rotatable bonds is 3. The van der Waals surface area contributed by atoms with Crippen molar-refractivity contribution < 1.29 is 22.7 Å². The predicted molar refractivity (Wildman–Crippen MR) is 105 cm³/mol. The quantitative estimate of drug-likeness (QED) is 0.667. The van der Waals surface area contributed by atoms with Gasteiger partial charge in [-0.3, -0.25) is 4.79 Å². The van der Waals surface area contributed by atoms with Gasteiger partial charge in [0.15, 0.2) is 0 Å². The molecule has 0 unspecified atom stereocenters. The fourth-order valence-corrected chi connectivity index (χ4v) is 3.46. The Morgan fingerprint density at radius 3 is 2.38 bits per heavy atom. The summed E-state index contributed by atoms with van der Waals surface area (Å²) in [5, 5.41) is 4.58. The number of fused-ring (bicyclic) bond motifs is 1. The molecule has 4 rings (SSSR count). The molecule has 0 saturated carbocycles. The predicted octanol–water partition coefficient (Wildman–Crippen LogP) is 5.07. The Balaban J connectivity index is 1.70. The minimum Gasteiger partial charge on any atom is -0.378 e. The van der Waals surface area contributed by atoms with E-state index in [1.807, 2.05) is 24.3 Å². The van der Waals surface area contributed by atoms with E-state index in [2.05, 4.69) is 5.32 Å². The van der Waals surface area contributed by atoms with Crippen molar-refractivity contribution in [2.24, 2.45) is 0 Å². The maximum absolute atomic E-state index is 13.0. The molecule has 1 aliphatic heterocycles. The third kappa shape index (κ3) is 4.05. The van der Waals surface area contributed by atoms with Crippen LogP contribution in [-0.2, 0) is 10.9 Å². The fourth-order valence-electron chi connectivity index (χ4n) is 3.46. The van der Waals surface area contributed by atoms with Gasteiger partial charge < -0.3 is 15.0 Å². The van der Waals surface area contributed by atoms with Crippen LogP contribution in [0, 0.1) is 0 Å². The van der Waals surface area contributed by atoms with Gasteiger partial charge in [0.25, 0.3) is 5.91 Å². The summed E-state index contributed by atoms with van der Waals surface area (Å²) >= 11 is 0. The molecule has 1 N–H and O–H groups in total. The van der Waals surface area contributed by atoms with Gasteiger partial charge in [-0.1, -0.05) is 30.3 Å². The van der Waals surface area contributed by atoms with Crippen molar-refractivity contribution in [1.82, 2.24) is 4.90 Å². The number of ether oxygens (including phenoxy) is 1. The largest absolute Gasteiger partial charge is 0.416 e. The highest BCUT2D eigenvalue weighted by atomic mass is 19.4. The first-order chi connectivity index (χ1) is 13.9. The summed E-state index contributed by atoms with van der Waals surface area (Å²) in [7, 11) is 0. The van der Waals surface area contributed by atoms with E-state index in [0.717, 1.165) is 22.9 Å². The lowest BCUT2D eigenvalue weighted by Crippen LogP contribution is -2.40. The molecular weight excluding hydrogens is 381 g/mol. The normalized spacial score (nSPS) is 14.8. The number of nitrogens with zero attached hydrogens (tertiary/aromatic N) is 1. The van der Waals surface area contributed by atoms with E-state index >= 15 is 0 Å². The molecule has 0 radical (unpaired) electrons. The van der Waals surface area contributed by atoms with Crippen molar-refractivity contribution in [1.29, 1.82) is 0 Å². The zero-order valence-corrected chi connectivity index (χ0v) is 15.5. The van der Waals surface area contributed by atoms with E-state index < -0.39 is 11.7 Å². The van der Waals surface area contributed by atoms with Gasteiger partial charge in [0.05, 0.1) is 18.8 Å². The summed E-state index contributed by atoms with van der Waals surface area (Å²) in [6.07, 6.45) is -4.41. The Morgan fingerprint density at radius 2 is 1.66 bits per heavy atom. The summed E-state index contributed by atoms with van der Waals surface area (Å²) in [6.45, 7) is 2.10. The van der Waals surface area contributed by atoms with Crippen LogP contribution in [-0.4, -0.2) is 37.1 Å². The number of hydrogen-bond acceptors (Lipinski definition) is 3. The zero-order valence-electron chi connectivity index (χ0n) is 15.5. The Labute approximate surface area is 165 Å². The number of anilines is 2. The number of halogens is 3. The molecule has 1 amide bonds. The number of alkyl halides is 3. The standard InChI is InChI=1S/C22H19F3N2O2/c23-22(24,25)15-4-3-5-16(14-15)26-20-9-8-19(17-6-1-2-7-18(17)20)21(28)27-10-12-29-13-11-27/h1-9,14,26H,10-13H2. The second kappa shape index (κ2) is 7.75. The SMILES string of the molecule is O=C(c1ccc(Nc2cccc(C(F)(F)F)c2)c2ccccc12)N1CCOCC1. The van der Waals surface area contributed by atoms with Crippen LogP contribution in [0.25, 0.3) is 10.8 Å². The summed E-state index contributed by atoms with van der Waals surface area (Å²) in [5.41, 5.74) is 0.818. The highest BCUT2D eigenvalue weighted by Crippen LogP contribution is 2.33. The van der Waals surface area contributed by atoms with E-state index in [4.69, 9.17) is 4.74 Å². The molecule has 3 aromatic carbocycles. The monoisotopic (exact) mass is 400 g/mol. The molecular formula is C22H19F3N2O2. The molecule has 0 bridgehead atoms. The molecule has 4 nitrogen and oxygen atoms in total. The summed E-state index contributed by atoms with van der Waals surface area (Å²) in [4.78, 5) is 14.7. The van der Waals surface area contributed by atoms with E-state index in [0.29, 0.717) is 43.2 Å². The van der Waals surface area contributed by atoms with Gasteiger partial charge in [-0.05, 0) is 35.7 Å². The van der Waals surface area contributed by atoms with Gasteiger partial charge in [-0.25, -0.2) is 0 Å². The van der Waals surface area contributed by atoms with Crippen LogP contribution in [0.5, 0.6) is 0 Å². The molecule has 0 aromatic heterocycles. The summed E-state index contributed by atoms with van der Waals surface area (Å²) in [6, 6.07) is 15.9. The van der Waals surface area contributed by atoms with Gasteiger partial charge in [0.1, 0.15) is 0 Å². The molecule has 0 atom stereocenters. The lowest BCUT2D eigenvalue weighted by molar-refractivity contribution is -0.137. The molecule has 0 aliphatic carbocycles. The molecule has 3 aromatic rings. The second-order valence-corrected chi connectivity index (χ2v) is 6.81. The van der Waals surface area contributed by atoms with Gasteiger partial charge in [-0.15, -0.1) is 0 Å². The maximum atomic E-state index is 13.0. The lowest BCUT2D eigenvalue weighted by Gasteiger charge is -2.27. The smallest absolute Gasteiger partial charge is 0.378 e. The Morgan fingerprint density at radius 1 is 0.931 bits per heavy atom. The van der Waals surface area contributed by atoms with Crippen LogP contribution >= 0.6 is 0 Å². The molecule has 1 saturated heterocycles. The van der Waals surface area contributed by atoms with Crippen LogP contribution in [0.3, 0.4) is 0 Å². The molecule has 29 heavy (non-hydrogen) atoms. The third-order valence-corrected chi connectivity index (χ3v) is 4.92. The molecule has 0 spiro atoms. The van der Waals surface area contributed by atoms with Crippen LogP contribution in [0.15, 0.2) is 60.7 Å². The van der Waals surface area contributed by atoms with Crippen LogP contribution in [0.2, 0.25) is 0 Å². The van der Waals surface area contributed by atoms with E-state index in [9.17, 15) is 18.0 Å². The van der Waals surface area contributed by atoms with Crippen molar-refractivity contribution >= 4 is 28.1 Å². The Kier molecular flexibility index (Phi) is 5.15. The Hall–Kier alpha value is -3.06. The van der Waals surface area contributed by atoms with Crippen molar-refractivity contribution in [2.45, 2.75) is 6.18 Å². The van der Waals surface area contributed by atoms with Crippen molar-refractivity contribution in [2.75, 3.05) is 31.6 Å². The number of carbonyl (C=O) groups excluding carboxylic acids is 1. The first-order valence-electron chi connectivity index (χ1n) is 9.26. The summed E-state index contributed by atoms with van der Waals surface area (Å²) in [5.74, 6) is -0.0740. The van der Waals surface area contributed by atoms with Crippen LogP contribution < -0.4 is 5.32 Å². The number of amides is 1. The van der Waals surface area contributed by atoms with Crippen molar-refractivity contribution in [3.8, 4) is 0 Å². The third-order valence-electron chi connectivity index (χ3n) is 4.92. The number of hydrogen-bond donors (Lipinski definition) is 1. The lowest BCUT2D eigenvalue weighted by atomic mass is 10.0. The first kappa shape index (κ1) is 19.3. The molecule has 7 heteroatoms. The number of benzene rings is 3. The highest BCUT2D eigenvalue weighted by Gasteiger charge is 2.30. The second-order valence-electron chi connectivity index (χ2n) is 6.81. The minimum absolute atomic E-state index is 0.0740. The van der Waals surface area contributed by atoms with Crippen molar-refractivity contribution in [3.05, 3.63) is 71.8 Å². The van der Waals surface area contributed by atoms with Gasteiger partial charge in [0.2, 0.25) is 0 Å². The average Bonchev–Trinajstić information content (AvgIpc) is 2.74. The van der Waals surface area contributed by atoms with Gasteiger partial charge in [-0.2, -0.15) is 13.2 Å². The number of nitrogens with one attached hydrogen (secondary N) is 1. The average molecular weight is 400 g/mol. The maximum Gasteiger partial charge on any atom is 0.416 e. The molecule has 1 fully saturated rings. The number of morpholine rings is 1. The van der Waals surface area contributed by atoms with E-state index in [1.165, 1.54) is 6.07 Å².